The molecule has 0 aliphatic rings. The molecule has 0 aliphatic carbocycles. The summed E-state index contributed by atoms with van der Waals surface area (Å²) in [5.41, 5.74) is 1.15. The number of hydrogen-bond acceptors (Lipinski definition) is 5. The maximum atomic E-state index is 10.9. The molecular weight excluding hydrogens is 242 g/mol. The molecule has 0 saturated carbocycles. The van der Waals surface area contributed by atoms with Gasteiger partial charge in [0.2, 0.25) is 0 Å². The van der Waals surface area contributed by atoms with Crippen LogP contribution >= 0.6 is 0 Å². The molecule has 0 rings (SSSR count). The Balaban J connectivity index is 0. The van der Waals surface area contributed by atoms with Crippen LogP contribution in [-0.2, 0) is 9.59 Å². The third kappa shape index (κ3) is 14.3. The Morgan fingerprint density at radius 1 is 0.947 bits per heavy atom. The first-order valence-electron chi connectivity index (χ1n) is 6.49. The fourth-order valence-corrected chi connectivity index (χ4v) is 0.992. The summed E-state index contributed by atoms with van der Waals surface area (Å²) in [6.07, 6.45) is 0. The van der Waals surface area contributed by atoms with Gasteiger partial charge in [0.25, 0.3) is 0 Å². The Morgan fingerprint density at radius 2 is 1.53 bits per heavy atom. The molecule has 0 aromatic heterocycles. The summed E-state index contributed by atoms with van der Waals surface area (Å²) >= 11 is 0. The van der Waals surface area contributed by atoms with Gasteiger partial charge in [-0.05, 0) is 6.92 Å². The highest BCUT2D eigenvalue weighted by atomic mass is 16.1. The van der Waals surface area contributed by atoms with Crippen LogP contribution < -0.4 is 16.0 Å². The predicted molar refractivity (Wildman–Crippen MR) is 79.9 cm³/mol. The molecule has 0 aromatic carbocycles. The molecule has 0 atom stereocenters. The maximum Gasteiger partial charge on any atom is 0.174 e. The van der Waals surface area contributed by atoms with E-state index in [2.05, 4.69) is 29.1 Å². The number of rotatable bonds is 10. The highest BCUT2D eigenvalue weighted by molar-refractivity contribution is 5.91. The largest absolute Gasteiger partial charge is 0.386 e. The summed E-state index contributed by atoms with van der Waals surface area (Å²) in [5.74, 6) is 0.0316. The van der Waals surface area contributed by atoms with E-state index in [1.807, 2.05) is 13.8 Å². The third-order valence-electron chi connectivity index (χ3n) is 1.99. The van der Waals surface area contributed by atoms with Gasteiger partial charge >= 0.3 is 0 Å². The van der Waals surface area contributed by atoms with E-state index < -0.39 is 0 Å². The lowest BCUT2D eigenvalue weighted by atomic mass is 10.3. The van der Waals surface area contributed by atoms with E-state index in [4.69, 9.17) is 0 Å². The Bertz CT molecular complexity index is 312. The first-order chi connectivity index (χ1) is 8.93. The van der Waals surface area contributed by atoms with Crippen LogP contribution in [0.5, 0.6) is 0 Å². The molecule has 0 aromatic rings. The van der Waals surface area contributed by atoms with Crippen molar-refractivity contribution in [3.05, 3.63) is 24.6 Å². The first kappa shape index (κ1) is 19.7. The Hall–Kier alpha value is -1.62. The number of nitrogens with one attached hydrogen (secondary N) is 3. The highest BCUT2D eigenvalue weighted by Gasteiger charge is 1.99. The third-order valence-corrected chi connectivity index (χ3v) is 1.99. The second kappa shape index (κ2) is 12.8. The van der Waals surface area contributed by atoms with E-state index in [0.717, 1.165) is 5.70 Å². The van der Waals surface area contributed by atoms with E-state index in [9.17, 15) is 9.59 Å². The van der Waals surface area contributed by atoms with Crippen molar-refractivity contribution in [3.8, 4) is 0 Å². The molecule has 0 bridgehead atoms. The minimum Gasteiger partial charge on any atom is -0.386 e. The molecule has 0 unspecified atom stereocenters. The zero-order valence-corrected chi connectivity index (χ0v) is 12.6. The molecular formula is C14H27N3O2. The minimum atomic E-state index is -0.0825. The molecule has 5 nitrogen and oxygen atoms in total. The topological polar surface area (TPSA) is 70.2 Å². The number of carbonyl (C=O) groups is 2. The molecule has 110 valence electrons. The second-order valence-electron chi connectivity index (χ2n) is 3.80. The number of carbonyl (C=O) groups excluding carboxylic acids is 2. The van der Waals surface area contributed by atoms with Crippen LogP contribution in [0.15, 0.2) is 24.6 Å². The van der Waals surface area contributed by atoms with Crippen molar-refractivity contribution in [2.24, 2.45) is 0 Å². The average Bonchev–Trinajstić information content (AvgIpc) is 2.37. The van der Waals surface area contributed by atoms with Crippen molar-refractivity contribution < 1.29 is 9.59 Å². The van der Waals surface area contributed by atoms with Gasteiger partial charge in [0.05, 0.1) is 18.8 Å². The molecule has 0 spiro atoms. The second-order valence-corrected chi connectivity index (χ2v) is 3.80. The van der Waals surface area contributed by atoms with E-state index in [0.29, 0.717) is 31.9 Å². The molecule has 3 N–H and O–H groups in total. The van der Waals surface area contributed by atoms with Crippen molar-refractivity contribution in [2.45, 2.75) is 27.7 Å². The van der Waals surface area contributed by atoms with Gasteiger partial charge in [0.1, 0.15) is 5.78 Å². The number of allylic oxidation sites excluding steroid dienone is 1. The van der Waals surface area contributed by atoms with Gasteiger partial charge in [0.15, 0.2) is 5.78 Å². The molecule has 19 heavy (non-hydrogen) atoms. The van der Waals surface area contributed by atoms with Gasteiger partial charge < -0.3 is 16.0 Å². The van der Waals surface area contributed by atoms with Crippen LogP contribution in [0.3, 0.4) is 0 Å². The molecule has 0 aliphatic heterocycles. The number of Topliss-reactive ketones (excluding diaryl/α,β-unsaturated/α-hetero) is 2. The van der Waals surface area contributed by atoms with Crippen LogP contribution in [0.4, 0.5) is 0 Å². The summed E-state index contributed by atoms with van der Waals surface area (Å²) in [6.45, 7) is 16.6. The van der Waals surface area contributed by atoms with Crippen LogP contribution in [0.25, 0.3) is 0 Å². The first-order valence-corrected chi connectivity index (χ1v) is 6.49. The zero-order valence-electron chi connectivity index (χ0n) is 12.6. The van der Waals surface area contributed by atoms with Crippen molar-refractivity contribution in [1.29, 1.82) is 0 Å². The van der Waals surface area contributed by atoms with Crippen LogP contribution in [0, 0.1) is 0 Å². The molecule has 5 heteroatoms. The molecule has 0 heterocycles. The van der Waals surface area contributed by atoms with E-state index in [1.165, 1.54) is 13.8 Å². The lowest BCUT2D eigenvalue weighted by molar-refractivity contribution is -0.116. The summed E-state index contributed by atoms with van der Waals surface area (Å²) in [5, 5.41) is 8.91. The summed E-state index contributed by atoms with van der Waals surface area (Å²) in [6, 6.07) is 0. The smallest absolute Gasteiger partial charge is 0.174 e. The lowest BCUT2D eigenvalue weighted by Crippen LogP contribution is -2.32. The average molecular weight is 269 g/mol. The van der Waals surface area contributed by atoms with Gasteiger partial charge in [-0.15, -0.1) is 0 Å². The van der Waals surface area contributed by atoms with Crippen LogP contribution in [0.2, 0.25) is 0 Å². The Kier molecular flexibility index (Phi) is 13.3. The van der Waals surface area contributed by atoms with Crippen molar-refractivity contribution in [2.75, 3.05) is 26.2 Å². The van der Waals surface area contributed by atoms with E-state index >= 15 is 0 Å². The normalized spacial score (nSPS) is 8.84. The van der Waals surface area contributed by atoms with Crippen molar-refractivity contribution in [1.82, 2.24) is 16.0 Å². The fraction of sp³-hybridized carbons (Fsp3) is 0.571. The Labute approximate surface area is 116 Å². The maximum absolute atomic E-state index is 10.9. The standard InChI is InChI=1S/C12H21N3O2.C2H6/c1-9(7-15-11(3)12(4)17)14-6-5-13-8-10(2)16;1-2/h13-15H,1,3,5-8H2,2,4H3;1-2H3. The molecule has 0 saturated heterocycles. The van der Waals surface area contributed by atoms with Crippen molar-refractivity contribution >= 4 is 11.6 Å². The number of ketones is 2. The Morgan fingerprint density at radius 3 is 2.00 bits per heavy atom. The number of hydrogen-bond donors (Lipinski definition) is 3. The van der Waals surface area contributed by atoms with Crippen LogP contribution in [-0.4, -0.2) is 37.7 Å². The van der Waals surface area contributed by atoms with Gasteiger partial charge in [-0.25, -0.2) is 0 Å². The van der Waals surface area contributed by atoms with Crippen LogP contribution in [0.1, 0.15) is 27.7 Å². The predicted octanol–water partition coefficient (Wildman–Crippen LogP) is 0.987. The SMILES string of the molecule is C=C(CNC(=C)C(C)=O)NCCNCC(C)=O.CC. The zero-order chi connectivity index (χ0) is 15.3. The molecule has 0 radical (unpaired) electrons. The highest BCUT2D eigenvalue weighted by Crippen LogP contribution is 1.88. The lowest BCUT2D eigenvalue weighted by Gasteiger charge is -2.11. The van der Waals surface area contributed by atoms with Crippen molar-refractivity contribution in [3.63, 3.8) is 0 Å². The summed E-state index contributed by atoms with van der Waals surface area (Å²) in [4.78, 5) is 21.5. The van der Waals surface area contributed by atoms with E-state index in [1.54, 1.807) is 0 Å². The monoisotopic (exact) mass is 269 g/mol. The quantitative estimate of drug-likeness (QED) is 0.407. The minimum absolute atomic E-state index is 0.0825. The van der Waals surface area contributed by atoms with Gasteiger partial charge in [-0.2, -0.15) is 0 Å². The van der Waals surface area contributed by atoms with E-state index in [-0.39, 0.29) is 11.6 Å². The fourth-order valence-electron chi connectivity index (χ4n) is 0.992. The summed E-state index contributed by atoms with van der Waals surface area (Å²) < 4.78 is 0. The van der Waals surface area contributed by atoms with Gasteiger partial charge in [-0.1, -0.05) is 27.0 Å². The van der Waals surface area contributed by atoms with Gasteiger partial charge in [-0.3, -0.25) is 9.59 Å². The summed E-state index contributed by atoms with van der Waals surface area (Å²) in [7, 11) is 0. The molecule has 0 fully saturated rings. The molecule has 0 amide bonds. The van der Waals surface area contributed by atoms with Gasteiger partial charge in [0, 0.05) is 25.7 Å².